The number of aliphatic hydroxyl groups excluding tert-OH is 1. The van der Waals surface area contributed by atoms with Gasteiger partial charge in [-0.3, -0.25) is 4.68 Å². The zero-order valence-corrected chi connectivity index (χ0v) is 12.3. The molecular weight excluding hydrogens is 256 g/mol. The number of hydrogen-bond donors (Lipinski definition) is 1. The first-order chi connectivity index (χ1) is 9.62. The Morgan fingerprint density at radius 2 is 1.95 bits per heavy atom. The standard InChI is InChI=1S/C15H20N2O3/c1-5-17-14(13(20-4)9-16-17)15(18)11-8-10(2)6-7-12(11)19-3/h6-9,15,18H,5H2,1-4H3. The Balaban J connectivity index is 2.53. The molecule has 0 aliphatic heterocycles. The van der Waals surface area contributed by atoms with Crippen LogP contribution in [-0.2, 0) is 6.54 Å². The van der Waals surface area contributed by atoms with Gasteiger partial charge in [0.25, 0.3) is 0 Å². The molecule has 0 saturated heterocycles. The Hall–Kier alpha value is -2.01. The van der Waals surface area contributed by atoms with E-state index >= 15 is 0 Å². The van der Waals surface area contributed by atoms with E-state index in [4.69, 9.17) is 9.47 Å². The third-order valence-corrected chi connectivity index (χ3v) is 3.30. The second-order valence-electron chi connectivity index (χ2n) is 4.56. The number of methoxy groups -OCH3 is 2. The summed E-state index contributed by atoms with van der Waals surface area (Å²) in [6, 6.07) is 5.71. The van der Waals surface area contributed by atoms with Crippen LogP contribution in [0.3, 0.4) is 0 Å². The average molecular weight is 276 g/mol. The summed E-state index contributed by atoms with van der Waals surface area (Å²) < 4.78 is 12.4. The van der Waals surface area contributed by atoms with Crippen LogP contribution in [0.5, 0.6) is 11.5 Å². The molecule has 1 unspecified atom stereocenters. The number of benzene rings is 1. The van der Waals surface area contributed by atoms with Gasteiger partial charge in [0.2, 0.25) is 0 Å². The van der Waals surface area contributed by atoms with Crippen molar-refractivity contribution in [1.82, 2.24) is 9.78 Å². The van der Waals surface area contributed by atoms with Gasteiger partial charge in [-0.05, 0) is 26.0 Å². The molecule has 1 heterocycles. The molecule has 108 valence electrons. The lowest BCUT2D eigenvalue weighted by molar-refractivity contribution is 0.197. The van der Waals surface area contributed by atoms with Crippen LogP contribution >= 0.6 is 0 Å². The van der Waals surface area contributed by atoms with E-state index in [0.29, 0.717) is 29.3 Å². The minimum atomic E-state index is -0.845. The molecular formula is C15H20N2O3. The second kappa shape index (κ2) is 5.96. The van der Waals surface area contributed by atoms with E-state index in [0.717, 1.165) is 5.56 Å². The molecule has 0 bridgehead atoms. The van der Waals surface area contributed by atoms with Crippen molar-refractivity contribution in [2.75, 3.05) is 14.2 Å². The van der Waals surface area contributed by atoms with Gasteiger partial charge in [-0.1, -0.05) is 11.6 Å². The average Bonchev–Trinajstić information content (AvgIpc) is 2.89. The van der Waals surface area contributed by atoms with E-state index in [2.05, 4.69) is 5.10 Å². The Kier molecular flexibility index (Phi) is 4.29. The summed E-state index contributed by atoms with van der Waals surface area (Å²) in [7, 11) is 3.16. The van der Waals surface area contributed by atoms with Crippen molar-refractivity contribution in [3.63, 3.8) is 0 Å². The molecule has 1 atom stereocenters. The molecule has 1 N–H and O–H groups in total. The lowest BCUT2D eigenvalue weighted by Gasteiger charge is -2.17. The topological polar surface area (TPSA) is 56.5 Å². The van der Waals surface area contributed by atoms with Gasteiger partial charge in [-0.25, -0.2) is 0 Å². The van der Waals surface area contributed by atoms with Gasteiger partial charge < -0.3 is 14.6 Å². The SMILES string of the molecule is CCn1ncc(OC)c1C(O)c1cc(C)ccc1OC. The van der Waals surface area contributed by atoms with Gasteiger partial charge >= 0.3 is 0 Å². The molecule has 2 aromatic rings. The lowest BCUT2D eigenvalue weighted by Crippen LogP contribution is -2.11. The summed E-state index contributed by atoms with van der Waals surface area (Å²) in [6.45, 7) is 4.60. The van der Waals surface area contributed by atoms with E-state index in [-0.39, 0.29) is 0 Å². The van der Waals surface area contributed by atoms with Gasteiger partial charge in [-0.2, -0.15) is 5.10 Å². The fourth-order valence-electron chi connectivity index (χ4n) is 2.28. The molecule has 0 spiro atoms. The summed E-state index contributed by atoms with van der Waals surface area (Å²) in [4.78, 5) is 0. The van der Waals surface area contributed by atoms with Gasteiger partial charge in [0.1, 0.15) is 17.5 Å². The summed E-state index contributed by atoms with van der Waals surface area (Å²) in [5, 5.41) is 14.9. The molecule has 5 nitrogen and oxygen atoms in total. The second-order valence-corrected chi connectivity index (χ2v) is 4.56. The quantitative estimate of drug-likeness (QED) is 0.910. The molecule has 5 heteroatoms. The number of aromatic nitrogens is 2. The highest BCUT2D eigenvalue weighted by molar-refractivity contribution is 5.44. The zero-order chi connectivity index (χ0) is 14.7. The molecule has 0 aliphatic rings. The summed E-state index contributed by atoms with van der Waals surface area (Å²) >= 11 is 0. The predicted molar refractivity (Wildman–Crippen MR) is 76.2 cm³/mol. The van der Waals surface area contributed by atoms with Crippen molar-refractivity contribution < 1.29 is 14.6 Å². The van der Waals surface area contributed by atoms with Crippen LogP contribution in [0.25, 0.3) is 0 Å². The highest BCUT2D eigenvalue weighted by Crippen LogP contribution is 2.35. The molecule has 1 aromatic carbocycles. The van der Waals surface area contributed by atoms with Crippen LogP contribution in [0.2, 0.25) is 0 Å². The third kappa shape index (κ3) is 2.49. The number of ether oxygens (including phenoxy) is 2. The van der Waals surface area contributed by atoms with Gasteiger partial charge in [0, 0.05) is 12.1 Å². The summed E-state index contributed by atoms with van der Waals surface area (Å²) in [6.07, 6.45) is 0.770. The van der Waals surface area contributed by atoms with Crippen LogP contribution in [0, 0.1) is 6.92 Å². The zero-order valence-electron chi connectivity index (χ0n) is 12.3. The van der Waals surface area contributed by atoms with Crippen molar-refractivity contribution in [3.05, 3.63) is 41.2 Å². The van der Waals surface area contributed by atoms with Gasteiger partial charge in [0.05, 0.1) is 20.4 Å². The number of hydrogen-bond acceptors (Lipinski definition) is 4. The lowest BCUT2D eigenvalue weighted by atomic mass is 10.0. The molecule has 0 amide bonds. The van der Waals surface area contributed by atoms with Gasteiger partial charge in [0.15, 0.2) is 5.75 Å². The molecule has 0 fully saturated rings. The molecule has 0 radical (unpaired) electrons. The van der Waals surface area contributed by atoms with E-state index in [1.807, 2.05) is 32.0 Å². The van der Waals surface area contributed by atoms with Crippen LogP contribution in [0.4, 0.5) is 0 Å². The first kappa shape index (κ1) is 14.4. The Bertz CT molecular complexity index is 571. The first-order valence-electron chi connectivity index (χ1n) is 6.54. The molecule has 20 heavy (non-hydrogen) atoms. The Labute approximate surface area is 118 Å². The minimum Gasteiger partial charge on any atom is -0.496 e. The molecule has 0 aliphatic carbocycles. The first-order valence-corrected chi connectivity index (χ1v) is 6.54. The largest absolute Gasteiger partial charge is 0.496 e. The van der Waals surface area contributed by atoms with Crippen LogP contribution in [0.1, 0.15) is 29.8 Å². The Morgan fingerprint density at radius 1 is 1.25 bits per heavy atom. The summed E-state index contributed by atoms with van der Waals surface area (Å²) in [5.41, 5.74) is 2.40. The molecule has 2 rings (SSSR count). The summed E-state index contributed by atoms with van der Waals surface area (Å²) in [5.74, 6) is 1.22. The van der Waals surface area contributed by atoms with Crippen LogP contribution in [-0.4, -0.2) is 29.1 Å². The smallest absolute Gasteiger partial charge is 0.163 e. The highest BCUT2D eigenvalue weighted by atomic mass is 16.5. The van der Waals surface area contributed by atoms with E-state index in [1.54, 1.807) is 25.1 Å². The normalized spacial score (nSPS) is 12.2. The van der Waals surface area contributed by atoms with E-state index in [1.165, 1.54) is 0 Å². The van der Waals surface area contributed by atoms with Crippen molar-refractivity contribution in [2.45, 2.75) is 26.5 Å². The number of aryl methyl sites for hydroxylation is 2. The van der Waals surface area contributed by atoms with Crippen molar-refractivity contribution in [1.29, 1.82) is 0 Å². The van der Waals surface area contributed by atoms with Crippen LogP contribution in [0.15, 0.2) is 24.4 Å². The fourth-order valence-corrected chi connectivity index (χ4v) is 2.28. The van der Waals surface area contributed by atoms with Gasteiger partial charge in [-0.15, -0.1) is 0 Å². The Morgan fingerprint density at radius 3 is 2.55 bits per heavy atom. The van der Waals surface area contributed by atoms with E-state index < -0.39 is 6.10 Å². The minimum absolute atomic E-state index is 0.572. The number of nitrogens with zero attached hydrogens (tertiary/aromatic N) is 2. The van der Waals surface area contributed by atoms with Crippen LogP contribution < -0.4 is 9.47 Å². The maximum atomic E-state index is 10.7. The maximum absolute atomic E-state index is 10.7. The molecule has 1 aromatic heterocycles. The fraction of sp³-hybridized carbons (Fsp3) is 0.400. The molecule has 0 saturated carbocycles. The maximum Gasteiger partial charge on any atom is 0.163 e. The highest BCUT2D eigenvalue weighted by Gasteiger charge is 2.23. The van der Waals surface area contributed by atoms with Crippen molar-refractivity contribution in [3.8, 4) is 11.5 Å². The number of aliphatic hydroxyl groups is 1. The van der Waals surface area contributed by atoms with Crippen molar-refractivity contribution in [2.24, 2.45) is 0 Å². The monoisotopic (exact) mass is 276 g/mol. The predicted octanol–water partition coefficient (Wildman–Crippen LogP) is 2.31. The third-order valence-electron chi connectivity index (χ3n) is 3.30. The van der Waals surface area contributed by atoms with Crippen molar-refractivity contribution >= 4 is 0 Å². The van der Waals surface area contributed by atoms with E-state index in [9.17, 15) is 5.11 Å². The number of rotatable bonds is 5.